The zero-order valence-corrected chi connectivity index (χ0v) is 15.6. The Morgan fingerprint density at radius 2 is 1.65 bits per heavy atom. The summed E-state index contributed by atoms with van der Waals surface area (Å²) in [6.07, 6.45) is 4.55. The molecule has 0 saturated carbocycles. The molecule has 0 amide bonds. The average molecular weight is 302 g/mol. The Morgan fingerprint density at radius 1 is 1.10 bits per heavy atom. The molecule has 1 aliphatic rings. The largest absolute Gasteiger partial charge is 0.415 e. The maximum atomic E-state index is 6.32. The quantitative estimate of drug-likeness (QED) is 0.724. The van der Waals surface area contributed by atoms with Gasteiger partial charge in [-0.05, 0) is 60.1 Å². The zero-order valence-electron chi connectivity index (χ0n) is 14.6. The summed E-state index contributed by atoms with van der Waals surface area (Å²) in [6, 6.07) is 1.19. The molecule has 120 valence electrons. The smallest absolute Gasteiger partial charge is 0.214 e. The van der Waals surface area contributed by atoms with Crippen LogP contribution in [-0.4, -0.2) is 38.3 Å². The molecule has 1 atom stereocenters. The van der Waals surface area contributed by atoms with Crippen molar-refractivity contribution in [2.24, 2.45) is 0 Å². The van der Waals surface area contributed by atoms with Crippen LogP contribution in [0.3, 0.4) is 0 Å². The molecule has 1 rings (SSSR count). The highest BCUT2D eigenvalue weighted by molar-refractivity contribution is 6.72. The van der Waals surface area contributed by atoms with E-state index in [1.165, 1.54) is 12.5 Å². The van der Waals surface area contributed by atoms with E-state index in [0.29, 0.717) is 6.10 Å². The van der Waals surface area contributed by atoms with Gasteiger partial charge in [-0.15, -0.1) is 0 Å². The maximum absolute atomic E-state index is 6.32. The fraction of sp³-hybridized carbons (Fsp3) is 1.00. The summed E-state index contributed by atoms with van der Waals surface area (Å²) in [5, 5.41) is 3.71. The lowest BCUT2D eigenvalue weighted by Gasteiger charge is -2.46. The highest BCUT2D eigenvalue weighted by Gasteiger charge is 2.39. The molecule has 1 unspecified atom stereocenters. The minimum Gasteiger partial charge on any atom is -0.415 e. The van der Waals surface area contributed by atoms with Gasteiger partial charge in [0, 0.05) is 17.7 Å². The summed E-state index contributed by atoms with van der Waals surface area (Å²) >= 11 is 0. The Morgan fingerprint density at radius 3 is 2.10 bits per heavy atom. The van der Waals surface area contributed by atoms with Crippen molar-refractivity contribution in [2.45, 2.75) is 90.6 Å². The standard InChI is InChI=1S/C16H35NO2Si/c1-8-10-20(7,19-9-2)13-18-14-11-15(3,4)17-16(5,6)12-14/h14,17H,8-13H2,1-7H3. The monoisotopic (exact) mass is 301 g/mol. The molecule has 1 N–H and O–H groups in total. The number of nitrogens with one attached hydrogen (secondary N) is 1. The molecule has 0 aromatic carbocycles. The Kier molecular flexibility index (Phi) is 6.26. The van der Waals surface area contributed by atoms with E-state index in [2.05, 4.69) is 53.4 Å². The molecule has 1 fully saturated rings. The van der Waals surface area contributed by atoms with E-state index in [1.807, 2.05) is 0 Å². The molecule has 1 saturated heterocycles. The number of rotatable bonds is 7. The van der Waals surface area contributed by atoms with E-state index in [0.717, 1.165) is 25.7 Å². The Hall–Kier alpha value is 0.0969. The summed E-state index contributed by atoms with van der Waals surface area (Å²) in [5.74, 6) is 0. The summed E-state index contributed by atoms with van der Waals surface area (Å²) in [4.78, 5) is 0. The van der Waals surface area contributed by atoms with Crippen LogP contribution in [0.1, 0.15) is 60.8 Å². The van der Waals surface area contributed by atoms with Gasteiger partial charge < -0.3 is 14.5 Å². The van der Waals surface area contributed by atoms with Crippen LogP contribution in [-0.2, 0) is 9.16 Å². The highest BCUT2D eigenvalue weighted by Crippen LogP contribution is 2.31. The molecule has 1 aliphatic heterocycles. The van der Waals surface area contributed by atoms with Crippen LogP contribution in [0.2, 0.25) is 12.6 Å². The van der Waals surface area contributed by atoms with Crippen molar-refractivity contribution in [1.29, 1.82) is 0 Å². The van der Waals surface area contributed by atoms with Crippen LogP contribution < -0.4 is 5.32 Å². The van der Waals surface area contributed by atoms with Gasteiger partial charge in [0.15, 0.2) is 0 Å². The molecule has 20 heavy (non-hydrogen) atoms. The first-order valence-corrected chi connectivity index (χ1v) is 11.0. The van der Waals surface area contributed by atoms with Gasteiger partial charge in [0.25, 0.3) is 0 Å². The van der Waals surface area contributed by atoms with Crippen molar-refractivity contribution in [3.8, 4) is 0 Å². The molecule has 0 aromatic rings. The van der Waals surface area contributed by atoms with E-state index in [-0.39, 0.29) is 11.1 Å². The predicted molar refractivity (Wildman–Crippen MR) is 88.6 cm³/mol. The van der Waals surface area contributed by atoms with Crippen LogP contribution >= 0.6 is 0 Å². The van der Waals surface area contributed by atoms with Crippen LogP contribution in [0.15, 0.2) is 0 Å². The zero-order chi connectivity index (χ0) is 15.4. The van der Waals surface area contributed by atoms with E-state index in [1.54, 1.807) is 0 Å². The highest BCUT2D eigenvalue weighted by atomic mass is 28.4. The molecular weight excluding hydrogens is 266 g/mol. The number of piperidine rings is 1. The van der Waals surface area contributed by atoms with Crippen LogP contribution in [0.25, 0.3) is 0 Å². The van der Waals surface area contributed by atoms with Gasteiger partial charge in [0.1, 0.15) is 0 Å². The first kappa shape index (κ1) is 18.1. The van der Waals surface area contributed by atoms with Crippen molar-refractivity contribution in [2.75, 3.05) is 12.8 Å². The SMILES string of the molecule is CCC[Si](C)(COC1CC(C)(C)NC(C)(C)C1)OCC. The summed E-state index contributed by atoms with van der Waals surface area (Å²) in [5.41, 5.74) is 0.307. The lowest BCUT2D eigenvalue weighted by molar-refractivity contribution is -0.00939. The fourth-order valence-electron chi connectivity index (χ4n) is 3.70. The molecule has 3 nitrogen and oxygen atoms in total. The third-order valence-corrected chi connectivity index (χ3v) is 7.37. The van der Waals surface area contributed by atoms with E-state index in [4.69, 9.17) is 9.16 Å². The number of hydrogen-bond donors (Lipinski definition) is 1. The van der Waals surface area contributed by atoms with Crippen molar-refractivity contribution >= 4 is 8.32 Å². The van der Waals surface area contributed by atoms with E-state index in [9.17, 15) is 0 Å². The van der Waals surface area contributed by atoms with Gasteiger partial charge in [0.05, 0.1) is 12.3 Å². The van der Waals surface area contributed by atoms with E-state index < -0.39 is 8.32 Å². The van der Waals surface area contributed by atoms with Crippen molar-refractivity contribution in [1.82, 2.24) is 5.32 Å². The maximum Gasteiger partial charge on any atom is 0.214 e. The summed E-state index contributed by atoms with van der Waals surface area (Å²) < 4.78 is 12.4. The molecule has 0 radical (unpaired) electrons. The van der Waals surface area contributed by atoms with Crippen molar-refractivity contribution < 1.29 is 9.16 Å². The van der Waals surface area contributed by atoms with Crippen LogP contribution in [0, 0.1) is 0 Å². The number of hydrogen-bond acceptors (Lipinski definition) is 3. The first-order valence-electron chi connectivity index (χ1n) is 8.16. The van der Waals surface area contributed by atoms with Crippen LogP contribution in [0.5, 0.6) is 0 Å². The van der Waals surface area contributed by atoms with Crippen molar-refractivity contribution in [3.63, 3.8) is 0 Å². The van der Waals surface area contributed by atoms with Gasteiger partial charge in [-0.25, -0.2) is 0 Å². The minimum absolute atomic E-state index is 0.154. The second-order valence-electron chi connectivity index (χ2n) is 7.87. The molecule has 0 spiro atoms. The lowest BCUT2D eigenvalue weighted by atomic mass is 9.81. The van der Waals surface area contributed by atoms with E-state index >= 15 is 0 Å². The molecule has 0 aliphatic carbocycles. The predicted octanol–water partition coefficient (Wildman–Crippen LogP) is 3.87. The molecule has 4 heteroatoms. The Bertz CT molecular complexity index is 283. The lowest BCUT2D eigenvalue weighted by Crippen LogP contribution is -2.60. The molecular formula is C16H35NO2Si. The molecule has 1 heterocycles. The van der Waals surface area contributed by atoms with Gasteiger partial charge >= 0.3 is 0 Å². The fourth-order valence-corrected chi connectivity index (χ4v) is 6.42. The van der Waals surface area contributed by atoms with Gasteiger partial charge in [0.2, 0.25) is 8.32 Å². The normalized spacial score (nSPS) is 25.4. The molecule has 0 aromatic heterocycles. The van der Waals surface area contributed by atoms with Gasteiger partial charge in [-0.1, -0.05) is 13.3 Å². The Balaban J connectivity index is 2.58. The molecule has 0 bridgehead atoms. The summed E-state index contributed by atoms with van der Waals surface area (Å²) in [6.45, 7) is 16.6. The average Bonchev–Trinajstić information content (AvgIpc) is 2.23. The Labute approximate surface area is 126 Å². The minimum atomic E-state index is -1.67. The number of ether oxygens (including phenoxy) is 1. The van der Waals surface area contributed by atoms with Crippen LogP contribution in [0.4, 0.5) is 0 Å². The third-order valence-electron chi connectivity index (χ3n) is 4.05. The van der Waals surface area contributed by atoms with Gasteiger partial charge in [-0.3, -0.25) is 0 Å². The second-order valence-corrected chi connectivity index (χ2v) is 11.8. The summed E-state index contributed by atoms with van der Waals surface area (Å²) in [7, 11) is -1.67. The first-order chi connectivity index (χ1) is 9.11. The second kappa shape index (κ2) is 6.90. The third kappa shape index (κ3) is 5.84. The van der Waals surface area contributed by atoms with Crippen molar-refractivity contribution in [3.05, 3.63) is 0 Å². The topological polar surface area (TPSA) is 30.5 Å². The van der Waals surface area contributed by atoms with Gasteiger partial charge in [-0.2, -0.15) is 0 Å².